The van der Waals surface area contributed by atoms with E-state index in [1.807, 2.05) is 31.4 Å². The first-order valence-electron chi connectivity index (χ1n) is 6.60. The lowest BCUT2D eigenvalue weighted by Crippen LogP contribution is -2.31. The summed E-state index contributed by atoms with van der Waals surface area (Å²) in [5.74, 6) is 0.726. The maximum absolute atomic E-state index is 9.00. The van der Waals surface area contributed by atoms with Crippen LogP contribution in [-0.2, 0) is 0 Å². The van der Waals surface area contributed by atoms with Gasteiger partial charge in [0.15, 0.2) is 0 Å². The molecule has 0 aliphatic rings. The number of ether oxygens (including phenoxy) is 1. The zero-order chi connectivity index (χ0) is 14.5. The number of nitrogens with two attached hydrogens (primary N) is 1. The van der Waals surface area contributed by atoms with E-state index in [2.05, 4.69) is 11.4 Å². The summed E-state index contributed by atoms with van der Waals surface area (Å²) in [6.45, 7) is 4.02. The van der Waals surface area contributed by atoms with E-state index in [1.54, 1.807) is 23.5 Å². The molecule has 0 aliphatic heterocycles. The molecule has 0 saturated heterocycles. The van der Waals surface area contributed by atoms with Gasteiger partial charge in [0.25, 0.3) is 0 Å². The van der Waals surface area contributed by atoms with Gasteiger partial charge in [-0.2, -0.15) is 16.6 Å². The Morgan fingerprint density at radius 3 is 2.80 bits per heavy atom. The van der Waals surface area contributed by atoms with Gasteiger partial charge in [-0.3, -0.25) is 0 Å². The van der Waals surface area contributed by atoms with Gasteiger partial charge in [-0.15, -0.1) is 0 Å². The summed E-state index contributed by atoms with van der Waals surface area (Å²) in [4.78, 5) is 0. The standard InChI is InChI=1S/C16H18N2OS/c1-3-14(18)16(13-6-7-20-10-13)19-15-8-12(9-17)5-4-11(15)2/h4-8,10,14,16H,3,18H2,1-2H3. The van der Waals surface area contributed by atoms with E-state index < -0.39 is 0 Å². The minimum Gasteiger partial charge on any atom is -0.484 e. The maximum Gasteiger partial charge on any atom is 0.140 e. The Labute approximate surface area is 123 Å². The van der Waals surface area contributed by atoms with E-state index in [1.165, 1.54) is 0 Å². The van der Waals surface area contributed by atoms with Gasteiger partial charge < -0.3 is 10.5 Å². The smallest absolute Gasteiger partial charge is 0.140 e. The summed E-state index contributed by atoms with van der Waals surface area (Å²) in [6.07, 6.45) is 0.649. The Bertz CT molecular complexity index is 601. The molecule has 2 N–H and O–H groups in total. The molecule has 0 saturated carbocycles. The molecule has 2 rings (SSSR count). The molecule has 104 valence electrons. The van der Waals surface area contributed by atoms with Gasteiger partial charge in [-0.25, -0.2) is 0 Å². The molecule has 0 radical (unpaired) electrons. The van der Waals surface area contributed by atoms with Crippen LogP contribution >= 0.6 is 11.3 Å². The van der Waals surface area contributed by atoms with Crippen molar-refractivity contribution in [3.8, 4) is 11.8 Å². The molecular formula is C16H18N2OS. The predicted molar refractivity (Wildman–Crippen MR) is 81.8 cm³/mol. The molecule has 20 heavy (non-hydrogen) atoms. The highest BCUT2D eigenvalue weighted by Gasteiger charge is 2.21. The van der Waals surface area contributed by atoms with Crippen LogP contribution in [0.25, 0.3) is 0 Å². The van der Waals surface area contributed by atoms with Crippen LogP contribution in [-0.4, -0.2) is 6.04 Å². The lowest BCUT2D eigenvalue weighted by Gasteiger charge is -2.24. The molecule has 3 nitrogen and oxygen atoms in total. The van der Waals surface area contributed by atoms with Crippen LogP contribution in [0.15, 0.2) is 35.0 Å². The third kappa shape index (κ3) is 3.19. The van der Waals surface area contributed by atoms with Gasteiger partial charge in [-0.1, -0.05) is 13.0 Å². The molecule has 4 heteroatoms. The summed E-state index contributed by atoms with van der Waals surface area (Å²) in [5, 5.41) is 13.1. The molecule has 2 atom stereocenters. The summed E-state index contributed by atoms with van der Waals surface area (Å²) in [6, 6.07) is 9.57. The number of hydrogen-bond donors (Lipinski definition) is 1. The first kappa shape index (κ1) is 14.6. The summed E-state index contributed by atoms with van der Waals surface area (Å²) < 4.78 is 6.12. The number of hydrogen-bond acceptors (Lipinski definition) is 4. The number of thiophene rings is 1. The fourth-order valence-electron chi connectivity index (χ4n) is 1.99. The highest BCUT2D eigenvalue weighted by atomic mass is 32.1. The van der Waals surface area contributed by atoms with Crippen molar-refractivity contribution in [2.75, 3.05) is 0 Å². The molecule has 0 fully saturated rings. The average molecular weight is 286 g/mol. The van der Waals surface area contributed by atoms with Gasteiger partial charge in [0.05, 0.1) is 11.6 Å². The number of aryl methyl sites for hydroxylation is 1. The van der Waals surface area contributed by atoms with Gasteiger partial charge in [0.2, 0.25) is 0 Å². The second kappa shape index (κ2) is 6.56. The molecule has 0 aliphatic carbocycles. The Kier molecular flexibility index (Phi) is 4.78. The second-order valence-electron chi connectivity index (χ2n) is 4.76. The number of nitriles is 1. The van der Waals surface area contributed by atoms with Gasteiger partial charge in [0, 0.05) is 11.6 Å². The first-order chi connectivity index (χ1) is 9.65. The molecule has 0 amide bonds. The Hall–Kier alpha value is -1.83. The summed E-state index contributed by atoms with van der Waals surface area (Å²) in [5.41, 5.74) is 8.88. The van der Waals surface area contributed by atoms with E-state index >= 15 is 0 Å². The van der Waals surface area contributed by atoms with Crippen LogP contribution in [0.1, 0.15) is 36.1 Å². The van der Waals surface area contributed by atoms with Crippen LogP contribution in [0.3, 0.4) is 0 Å². The highest BCUT2D eigenvalue weighted by molar-refractivity contribution is 7.07. The van der Waals surface area contributed by atoms with Gasteiger partial charge in [0.1, 0.15) is 11.9 Å². The Balaban J connectivity index is 2.31. The molecule has 2 unspecified atom stereocenters. The number of nitrogens with zero attached hydrogens (tertiary/aromatic N) is 1. The molecule has 0 spiro atoms. The minimum absolute atomic E-state index is 0.0743. The quantitative estimate of drug-likeness (QED) is 0.909. The van der Waals surface area contributed by atoms with Crippen molar-refractivity contribution in [3.05, 3.63) is 51.7 Å². The van der Waals surface area contributed by atoms with Crippen molar-refractivity contribution in [1.29, 1.82) is 5.26 Å². The van der Waals surface area contributed by atoms with E-state index in [9.17, 15) is 0 Å². The fraction of sp³-hybridized carbons (Fsp3) is 0.312. The molecule has 2 aromatic rings. The SMILES string of the molecule is CCC(N)C(Oc1cc(C#N)ccc1C)c1ccsc1. The van der Waals surface area contributed by atoms with E-state index in [0.717, 1.165) is 23.3 Å². The van der Waals surface area contributed by atoms with Crippen molar-refractivity contribution >= 4 is 11.3 Å². The first-order valence-corrected chi connectivity index (χ1v) is 7.55. The second-order valence-corrected chi connectivity index (χ2v) is 5.54. The van der Waals surface area contributed by atoms with Crippen molar-refractivity contribution in [1.82, 2.24) is 0 Å². The lowest BCUT2D eigenvalue weighted by molar-refractivity contribution is 0.170. The summed E-state index contributed by atoms with van der Waals surface area (Å²) >= 11 is 1.63. The third-order valence-corrected chi connectivity index (χ3v) is 4.00. The van der Waals surface area contributed by atoms with E-state index in [0.29, 0.717) is 5.56 Å². The van der Waals surface area contributed by atoms with Crippen molar-refractivity contribution in [2.24, 2.45) is 5.73 Å². The van der Waals surface area contributed by atoms with Crippen LogP contribution in [0.2, 0.25) is 0 Å². The zero-order valence-corrected chi connectivity index (χ0v) is 12.5. The Morgan fingerprint density at radius 1 is 1.40 bits per heavy atom. The third-order valence-electron chi connectivity index (χ3n) is 3.30. The lowest BCUT2D eigenvalue weighted by atomic mass is 10.0. The molecule has 1 aromatic carbocycles. The maximum atomic E-state index is 9.00. The summed E-state index contributed by atoms with van der Waals surface area (Å²) in [7, 11) is 0. The van der Waals surface area contributed by atoms with E-state index in [-0.39, 0.29) is 12.1 Å². The Morgan fingerprint density at radius 2 is 2.20 bits per heavy atom. The topological polar surface area (TPSA) is 59.0 Å². The van der Waals surface area contributed by atoms with Crippen LogP contribution in [0.5, 0.6) is 5.75 Å². The fourth-order valence-corrected chi connectivity index (χ4v) is 2.67. The van der Waals surface area contributed by atoms with Crippen LogP contribution in [0.4, 0.5) is 0 Å². The molecule has 1 aromatic heterocycles. The van der Waals surface area contributed by atoms with Gasteiger partial charge in [-0.05, 0) is 47.9 Å². The largest absolute Gasteiger partial charge is 0.484 e. The minimum atomic E-state index is -0.182. The van der Waals surface area contributed by atoms with Crippen LogP contribution < -0.4 is 10.5 Å². The van der Waals surface area contributed by atoms with Crippen molar-refractivity contribution < 1.29 is 4.74 Å². The van der Waals surface area contributed by atoms with Gasteiger partial charge >= 0.3 is 0 Å². The molecule has 1 heterocycles. The molecule has 0 bridgehead atoms. The van der Waals surface area contributed by atoms with Crippen molar-refractivity contribution in [2.45, 2.75) is 32.4 Å². The highest BCUT2D eigenvalue weighted by Crippen LogP contribution is 2.29. The van der Waals surface area contributed by atoms with E-state index in [4.69, 9.17) is 15.7 Å². The predicted octanol–water partition coefficient (Wildman–Crippen LogP) is 3.79. The average Bonchev–Trinajstić information content (AvgIpc) is 2.99. The normalized spacial score (nSPS) is 13.5. The monoisotopic (exact) mass is 286 g/mol. The molecular weight excluding hydrogens is 268 g/mol. The van der Waals surface area contributed by atoms with Crippen LogP contribution in [0, 0.1) is 18.3 Å². The number of benzene rings is 1. The number of rotatable bonds is 5. The van der Waals surface area contributed by atoms with Crippen molar-refractivity contribution in [3.63, 3.8) is 0 Å². The zero-order valence-electron chi connectivity index (χ0n) is 11.7.